The molecule has 0 unspecified atom stereocenters. The van der Waals surface area contributed by atoms with Gasteiger partial charge in [0.2, 0.25) is 0 Å². The van der Waals surface area contributed by atoms with Gasteiger partial charge in [0.05, 0.1) is 24.6 Å². The molecule has 0 saturated heterocycles. The molecule has 4 nitrogen and oxygen atoms in total. The Morgan fingerprint density at radius 1 is 1.00 bits per heavy atom. The minimum Gasteiger partial charge on any atom is -0.493 e. The maximum atomic E-state index is 13.0. The summed E-state index contributed by atoms with van der Waals surface area (Å²) in [4.78, 5) is 0. The van der Waals surface area contributed by atoms with E-state index in [2.05, 4.69) is 10.5 Å². The Morgan fingerprint density at radius 3 is 2.48 bits per heavy atom. The van der Waals surface area contributed by atoms with E-state index in [9.17, 15) is 13.2 Å². The van der Waals surface area contributed by atoms with Gasteiger partial charge in [0.25, 0.3) is 0 Å². The fraction of sp³-hybridized carbons (Fsp3) is 0.136. The van der Waals surface area contributed by atoms with Gasteiger partial charge in [-0.25, -0.2) is 0 Å². The summed E-state index contributed by atoms with van der Waals surface area (Å²) in [5.74, 6) is 0.908. The minimum atomic E-state index is -4.48. The van der Waals surface area contributed by atoms with Crippen LogP contribution >= 0.6 is 23.2 Å². The highest BCUT2D eigenvalue weighted by atomic mass is 35.5. The van der Waals surface area contributed by atoms with Gasteiger partial charge < -0.3 is 9.47 Å². The Balaban J connectivity index is 1.70. The second-order valence-corrected chi connectivity index (χ2v) is 7.19. The molecule has 3 aromatic rings. The molecule has 9 heteroatoms. The zero-order chi connectivity index (χ0) is 22.4. The van der Waals surface area contributed by atoms with E-state index < -0.39 is 11.7 Å². The Hall–Kier alpha value is -2.90. The number of anilines is 1. The number of hydrogen-bond acceptors (Lipinski definition) is 4. The van der Waals surface area contributed by atoms with Crippen LogP contribution < -0.4 is 14.9 Å². The second kappa shape index (κ2) is 9.94. The molecule has 31 heavy (non-hydrogen) atoms. The molecule has 0 atom stereocenters. The number of para-hydroxylation sites is 1. The van der Waals surface area contributed by atoms with Gasteiger partial charge in [-0.3, -0.25) is 5.43 Å². The molecule has 3 aromatic carbocycles. The predicted octanol–water partition coefficient (Wildman–Crippen LogP) is 7.05. The number of halogens is 5. The Morgan fingerprint density at radius 2 is 1.77 bits per heavy atom. The number of methoxy groups -OCH3 is 1. The molecule has 0 aromatic heterocycles. The largest absolute Gasteiger partial charge is 0.493 e. The van der Waals surface area contributed by atoms with Crippen molar-refractivity contribution < 1.29 is 22.6 Å². The summed E-state index contributed by atoms with van der Waals surface area (Å²) in [6, 6.07) is 15.2. The van der Waals surface area contributed by atoms with Crippen molar-refractivity contribution in [2.24, 2.45) is 5.10 Å². The number of alkyl halides is 3. The molecule has 3 rings (SSSR count). The average Bonchev–Trinajstić information content (AvgIpc) is 2.73. The highest BCUT2D eigenvalue weighted by Crippen LogP contribution is 2.34. The predicted molar refractivity (Wildman–Crippen MR) is 116 cm³/mol. The average molecular weight is 469 g/mol. The summed E-state index contributed by atoms with van der Waals surface area (Å²) in [7, 11) is 1.48. The van der Waals surface area contributed by atoms with Crippen LogP contribution in [0.3, 0.4) is 0 Å². The zero-order valence-electron chi connectivity index (χ0n) is 16.2. The first kappa shape index (κ1) is 22.8. The van der Waals surface area contributed by atoms with Crippen LogP contribution in [0.4, 0.5) is 18.9 Å². The van der Waals surface area contributed by atoms with Crippen molar-refractivity contribution in [3.63, 3.8) is 0 Å². The third-order valence-corrected chi connectivity index (χ3v) is 4.80. The van der Waals surface area contributed by atoms with Crippen LogP contribution in [0.2, 0.25) is 10.0 Å². The van der Waals surface area contributed by atoms with E-state index in [1.165, 1.54) is 31.5 Å². The number of rotatable bonds is 7. The molecule has 162 valence electrons. The number of hydrazone groups is 1. The summed E-state index contributed by atoms with van der Waals surface area (Å²) >= 11 is 12.0. The maximum Gasteiger partial charge on any atom is 0.418 e. The monoisotopic (exact) mass is 468 g/mol. The summed E-state index contributed by atoms with van der Waals surface area (Å²) in [6.45, 7) is 0.204. The molecular formula is C22H17Cl2F3N2O2. The lowest BCUT2D eigenvalue weighted by molar-refractivity contribution is -0.136. The molecule has 0 fully saturated rings. The van der Waals surface area contributed by atoms with Crippen LogP contribution in [0.1, 0.15) is 16.7 Å². The van der Waals surface area contributed by atoms with E-state index >= 15 is 0 Å². The van der Waals surface area contributed by atoms with Crippen LogP contribution in [0.25, 0.3) is 0 Å². The van der Waals surface area contributed by atoms with Gasteiger partial charge >= 0.3 is 6.18 Å². The van der Waals surface area contributed by atoms with Crippen molar-refractivity contribution in [1.82, 2.24) is 0 Å². The minimum absolute atomic E-state index is 0.141. The van der Waals surface area contributed by atoms with Crippen LogP contribution in [0, 0.1) is 0 Å². The third kappa shape index (κ3) is 6.06. The Bertz CT molecular complexity index is 1090. The van der Waals surface area contributed by atoms with E-state index in [0.717, 1.165) is 11.6 Å². The van der Waals surface area contributed by atoms with Crippen molar-refractivity contribution in [3.05, 3.63) is 87.4 Å². The van der Waals surface area contributed by atoms with Crippen molar-refractivity contribution in [1.29, 1.82) is 0 Å². The molecule has 0 bridgehead atoms. The van der Waals surface area contributed by atoms with Gasteiger partial charge in [0.1, 0.15) is 6.61 Å². The molecule has 0 saturated carbocycles. The molecular weight excluding hydrogens is 452 g/mol. The van der Waals surface area contributed by atoms with E-state index in [-0.39, 0.29) is 12.3 Å². The number of nitrogens with one attached hydrogen (secondary N) is 1. The summed E-state index contributed by atoms with van der Waals surface area (Å²) in [5, 5.41) is 4.92. The van der Waals surface area contributed by atoms with Gasteiger partial charge in [-0.15, -0.1) is 0 Å². The smallest absolute Gasteiger partial charge is 0.418 e. The zero-order valence-corrected chi connectivity index (χ0v) is 17.7. The van der Waals surface area contributed by atoms with Crippen LogP contribution in [0.5, 0.6) is 11.5 Å². The SMILES string of the molecule is COc1cc(/C=N\Nc2ccccc2C(F)(F)F)ccc1OCc1ccc(Cl)cc1Cl. The lowest BCUT2D eigenvalue weighted by Crippen LogP contribution is -2.08. The Labute approximate surface area is 187 Å². The number of nitrogens with zero attached hydrogens (tertiary/aromatic N) is 1. The lowest BCUT2D eigenvalue weighted by atomic mass is 10.2. The molecule has 0 radical (unpaired) electrons. The van der Waals surface area contributed by atoms with Gasteiger partial charge in [0.15, 0.2) is 11.5 Å². The summed E-state index contributed by atoms with van der Waals surface area (Å²) in [5.41, 5.74) is 2.85. The number of ether oxygens (including phenoxy) is 2. The van der Waals surface area contributed by atoms with E-state index in [4.69, 9.17) is 32.7 Å². The fourth-order valence-electron chi connectivity index (χ4n) is 2.68. The molecule has 0 aliphatic carbocycles. The quantitative estimate of drug-likeness (QED) is 0.298. The fourth-order valence-corrected chi connectivity index (χ4v) is 3.15. The maximum absolute atomic E-state index is 13.0. The van der Waals surface area contributed by atoms with Gasteiger partial charge in [-0.2, -0.15) is 18.3 Å². The van der Waals surface area contributed by atoms with Crippen molar-refractivity contribution >= 4 is 35.1 Å². The molecule has 1 N–H and O–H groups in total. The van der Waals surface area contributed by atoms with Crippen LogP contribution in [-0.4, -0.2) is 13.3 Å². The highest BCUT2D eigenvalue weighted by molar-refractivity contribution is 6.35. The number of hydrogen-bond donors (Lipinski definition) is 1. The molecule has 0 aliphatic rings. The molecule has 0 amide bonds. The molecule has 0 aliphatic heterocycles. The normalized spacial score (nSPS) is 11.5. The topological polar surface area (TPSA) is 42.8 Å². The third-order valence-electron chi connectivity index (χ3n) is 4.22. The van der Waals surface area contributed by atoms with Crippen molar-refractivity contribution in [2.45, 2.75) is 12.8 Å². The van der Waals surface area contributed by atoms with Crippen molar-refractivity contribution in [2.75, 3.05) is 12.5 Å². The summed E-state index contributed by atoms with van der Waals surface area (Å²) < 4.78 is 50.3. The van der Waals surface area contributed by atoms with E-state index in [1.807, 2.05) is 0 Å². The Kier molecular flexibility index (Phi) is 7.30. The van der Waals surface area contributed by atoms with Crippen LogP contribution in [-0.2, 0) is 12.8 Å². The molecule has 0 heterocycles. The van der Waals surface area contributed by atoms with Gasteiger partial charge in [0, 0.05) is 15.6 Å². The lowest BCUT2D eigenvalue weighted by Gasteiger charge is -2.13. The van der Waals surface area contributed by atoms with Gasteiger partial charge in [-0.1, -0.05) is 41.4 Å². The van der Waals surface area contributed by atoms with E-state index in [0.29, 0.717) is 27.1 Å². The molecule has 0 spiro atoms. The van der Waals surface area contributed by atoms with Crippen LogP contribution in [0.15, 0.2) is 65.8 Å². The second-order valence-electron chi connectivity index (χ2n) is 6.35. The van der Waals surface area contributed by atoms with E-state index in [1.54, 1.807) is 36.4 Å². The van der Waals surface area contributed by atoms with Crippen molar-refractivity contribution in [3.8, 4) is 11.5 Å². The standard InChI is InChI=1S/C22H17Cl2F3N2O2/c1-30-21-10-14(12-28-29-19-5-3-2-4-17(19)22(25,26)27)6-9-20(21)31-13-15-7-8-16(23)11-18(15)24/h2-12,29H,13H2,1H3/b28-12-. The first-order chi connectivity index (χ1) is 14.8. The first-order valence-electron chi connectivity index (χ1n) is 8.98. The number of benzene rings is 3. The van der Waals surface area contributed by atoms with Gasteiger partial charge in [-0.05, 0) is 48.0 Å². The highest BCUT2D eigenvalue weighted by Gasteiger charge is 2.33. The first-order valence-corrected chi connectivity index (χ1v) is 9.73. The summed E-state index contributed by atoms with van der Waals surface area (Å²) in [6.07, 6.45) is -3.09.